The van der Waals surface area contributed by atoms with Gasteiger partial charge in [0.2, 0.25) is 0 Å². The van der Waals surface area contributed by atoms with Crippen molar-refractivity contribution in [3.63, 3.8) is 0 Å². The van der Waals surface area contributed by atoms with Gasteiger partial charge in [0.05, 0.1) is 24.9 Å². The minimum Gasteiger partial charge on any atom is -0.465 e. The second-order valence-electron chi connectivity index (χ2n) is 3.74. The summed E-state index contributed by atoms with van der Waals surface area (Å²) in [6.45, 7) is 2.42. The molecular formula is C12H15N3O2. The van der Waals surface area contributed by atoms with Crippen LogP contribution in [0.2, 0.25) is 0 Å². The van der Waals surface area contributed by atoms with Crippen LogP contribution < -0.4 is 5.73 Å². The van der Waals surface area contributed by atoms with Crippen LogP contribution in [-0.2, 0) is 16.1 Å². The molecule has 2 N–H and O–H groups in total. The zero-order valence-electron chi connectivity index (χ0n) is 9.67. The highest BCUT2D eigenvalue weighted by Gasteiger charge is 2.16. The second-order valence-corrected chi connectivity index (χ2v) is 3.74. The predicted molar refractivity (Wildman–Crippen MR) is 64.3 cm³/mol. The molecule has 0 amide bonds. The summed E-state index contributed by atoms with van der Waals surface area (Å²) < 4.78 is 6.58. The van der Waals surface area contributed by atoms with Crippen LogP contribution in [-0.4, -0.2) is 28.4 Å². The Morgan fingerprint density at radius 2 is 2.29 bits per heavy atom. The highest BCUT2D eigenvalue weighted by atomic mass is 16.5. The molecule has 1 aromatic carbocycles. The van der Waals surface area contributed by atoms with E-state index in [0.717, 1.165) is 10.9 Å². The lowest BCUT2D eigenvalue weighted by molar-refractivity contribution is -0.145. The Morgan fingerprint density at radius 3 is 3.06 bits per heavy atom. The summed E-state index contributed by atoms with van der Waals surface area (Å²) in [6, 6.07) is 7.10. The molecule has 0 aliphatic carbocycles. The number of hydrogen-bond donors (Lipinski definition) is 1. The van der Waals surface area contributed by atoms with Crippen molar-refractivity contribution >= 4 is 16.9 Å². The number of ether oxygens (including phenoxy) is 1. The average Bonchev–Trinajstić information content (AvgIpc) is 2.73. The molecule has 0 saturated carbocycles. The molecule has 5 nitrogen and oxygen atoms in total. The maximum Gasteiger partial charge on any atom is 0.324 e. The Kier molecular flexibility index (Phi) is 3.39. The number of fused-ring (bicyclic) bond motifs is 1. The van der Waals surface area contributed by atoms with E-state index in [1.807, 2.05) is 24.3 Å². The molecule has 0 fully saturated rings. The average molecular weight is 233 g/mol. The molecule has 5 heteroatoms. The SMILES string of the molecule is CCOC(=O)C(N)Cn1ncc2ccccc21. The summed E-state index contributed by atoms with van der Waals surface area (Å²) in [5.74, 6) is -0.396. The molecule has 2 aromatic rings. The van der Waals surface area contributed by atoms with E-state index in [0.29, 0.717) is 13.2 Å². The van der Waals surface area contributed by atoms with Crippen LogP contribution in [0, 0.1) is 0 Å². The molecule has 0 bridgehead atoms. The van der Waals surface area contributed by atoms with Crippen LogP contribution in [0.5, 0.6) is 0 Å². The summed E-state index contributed by atoms with van der Waals surface area (Å²) in [6.07, 6.45) is 1.76. The van der Waals surface area contributed by atoms with Crippen molar-refractivity contribution < 1.29 is 9.53 Å². The molecule has 0 saturated heterocycles. The number of nitrogens with zero attached hydrogens (tertiary/aromatic N) is 2. The fourth-order valence-corrected chi connectivity index (χ4v) is 1.68. The summed E-state index contributed by atoms with van der Waals surface area (Å²) in [5, 5.41) is 5.24. The van der Waals surface area contributed by atoms with Crippen molar-refractivity contribution in [3.8, 4) is 0 Å². The van der Waals surface area contributed by atoms with Gasteiger partial charge in [-0.3, -0.25) is 9.48 Å². The van der Waals surface area contributed by atoms with E-state index in [1.54, 1.807) is 17.8 Å². The third kappa shape index (κ3) is 2.45. The molecule has 0 aliphatic rings. The Balaban J connectivity index is 2.16. The first-order valence-electron chi connectivity index (χ1n) is 5.55. The fraction of sp³-hybridized carbons (Fsp3) is 0.333. The molecule has 1 aromatic heterocycles. The number of benzene rings is 1. The second kappa shape index (κ2) is 4.97. The minimum absolute atomic E-state index is 0.326. The Morgan fingerprint density at radius 1 is 1.53 bits per heavy atom. The van der Waals surface area contributed by atoms with Crippen LogP contribution >= 0.6 is 0 Å². The number of nitrogens with two attached hydrogens (primary N) is 1. The van der Waals surface area contributed by atoms with Gasteiger partial charge in [0.15, 0.2) is 0 Å². The van der Waals surface area contributed by atoms with Gasteiger partial charge in [-0.15, -0.1) is 0 Å². The molecule has 1 unspecified atom stereocenters. The Bertz CT molecular complexity index is 521. The van der Waals surface area contributed by atoms with Crippen molar-refractivity contribution in [1.82, 2.24) is 9.78 Å². The molecule has 2 rings (SSSR count). The van der Waals surface area contributed by atoms with Gasteiger partial charge >= 0.3 is 5.97 Å². The molecule has 0 spiro atoms. The van der Waals surface area contributed by atoms with Crippen molar-refractivity contribution in [2.75, 3.05) is 6.61 Å². The zero-order chi connectivity index (χ0) is 12.3. The Labute approximate surface area is 99.2 Å². The number of esters is 1. The maximum atomic E-state index is 11.4. The molecule has 0 radical (unpaired) electrons. The van der Waals surface area contributed by atoms with Crippen LogP contribution in [0.25, 0.3) is 10.9 Å². The summed E-state index contributed by atoms with van der Waals surface area (Å²) in [5.41, 5.74) is 6.72. The minimum atomic E-state index is -0.682. The number of hydrogen-bond acceptors (Lipinski definition) is 4. The van der Waals surface area contributed by atoms with E-state index < -0.39 is 12.0 Å². The van der Waals surface area contributed by atoms with E-state index in [1.165, 1.54) is 0 Å². The highest BCUT2D eigenvalue weighted by molar-refractivity contribution is 5.79. The quantitative estimate of drug-likeness (QED) is 0.797. The van der Waals surface area contributed by atoms with Crippen molar-refractivity contribution in [2.24, 2.45) is 5.73 Å². The van der Waals surface area contributed by atoms with Gasteiger partial charge in [-0.2, -0.15) is 5.10 Å². The third-order valence-electron chi connectivity index (χ3n) is 2.51. The van der Waals surface area contributed by atoms with Gasteiger partial charge in [-0.25, -0.2) is 0 Å². The fourth-order valence-electron chi connectivity index (χ4n) is 1.68. The third-order valence-corrected chi connectivity index (χ3v) is 2.51. The number of para-hydroxylation sites is 1. The van der Waals surface area contributed by atoms with Crippen LogP contribution in [0.4, 0.5) is 0 Å². The zero-order valence-corrected chi connectivity index (χ0v) is 9.67. The van der Waals surface area contributed by atoms with Gasteiger partial charge in [-0.1, -0.05) is 18.2 Å². The molecule has 1 heterocycles. The number of carbonyl (C=O) groups excluding carboxylic acids is 1. The summed E-state index contributed by atoms with van der Waals surface area (Å²) in [7, 11) is 0. The van der Waals surface area contributed by atoms with Gasteiger partial charge in [-0.05, 0) is 13.0 Å². The first-order valence-corrected chi connectivity index (χ1v) is 5.55. The Hall–Kier alpha value is -1.88. The van der Waals surface area contributed by atoms with Gasteiger partial charge in [0, 0.05) is 5.39 Å². The van der Waals surface area contributed by atoms with Gasteiger partial charge in [0.25, 0.3) is 0 Å². The first kappa shape index (κ1) is 11.6. The smallest absolute Gasteiger partial charge is 0.324 e. The van der Waals surface area contributed by atoms with Crippen molar-refractivity contribution in [1.29, 1.82) is 0 Å². The standard InChI is InChI=1S/C12H15N3O2/c1-2-17-12(16)10(13)8-15-11-6-4-3-5-9(11)7-14-15/h3-7,10H,2,8,13H2,1H3. The first-order chi connectivity index (χ1) is 8.22. The molecule has 0 aliphatic heterocycles. The lowest BCUT2D eigenvalue weighted by atomic mass is 10.2. The predicted octanol–water partition coefficient (Wildman–Crippen LogP) is 0.927. The van der Waals surface area contributed by atoms with E-state index in [9.17, 15) is 4.79 Å². The van der Waals surface area contributed by atoms with E-state index in [4.69, 9.17) is 10.5 Å². The van der Waals surface area contributed by atoms with Crippen LogP contribution in [0.1, 0.15) is 6.92 Å². The number of carbonyl (C=O) groups is 1. The highest BCUT2D eigenvalue weighted by Crippen LogP contribution is 2.12. The maximum absolute atomic E-state index is 11.4. The normalized spacial score (nSPS) is 12.6. The topological polar surface area (TPSA) is 70.1 Å². The number of rotatable bonds is 4. The van der Waals surface area contributed by atoms with Crippen molar-refractivity contribution in [3.05, 3.63) is 30.5 Å². The lowest BCUT2D eigenvalue weighted by Gasteiger charge is -2.11. The molecule has 1 atom stereocenters. The largest absolute Gasteiger partial charge is 0.465 e. The van der Waals surface area contributed by atoms with Gasteiger partial charge in [0.1, 0.15) is 6.04 Å². The van der Waals surface area contributed by atoms with E-state index >= 15 is 0 Å². The van der Waals surface area contributed by atoms with Gasteiger partial charge < -0.3 is 10.5 Å². The van der Waals surface area contributed by atoms with Crippen molar-refractivity contribution in [2.45, 2.75) is 19.5 Å². The monoisotopic (exact) mass is 233 g/mol. The molecular weight excluding hydrogens is 218 g/mol. The lowest BCUT2D eigenvalue weighted by Crippen LogP contribution is -2.36. The summed E-state index contributed by atoms with van der Waals surface area (Å²) in [4.78, 5) is 11.4. The van der Waals surface area contributed by atoms with E-state index in [-0.39, 0.29) is 0 Å². The van der Waals surface area contributed by atoms with Crippen LogP contribution in [0.15, 0.2) is 30.5 Å². The van der Waals surface area contributed by atoms with E-state index in [2.05, 4.69) is 5.10 Å². The summed E-state index contributed by atoms with van der Waals surface area (Å²) >= 11 is 0. The van der Waals surface area contributed by atoms with Crippen LogP contribution in [0.3, 0.4) is 0 Å². The molecule has 17 heavy (non-hydrogen) atoms. The molecule has 90 valence electrons. The number of aromatic nitrogens is 2.